The van der Waals surface area contributed by atoms with Crippen molar-refractivity contribution in [2.45, 2.75) is 47.5 Å². The summed E-state index contributed by atoms with van der Waals surface area (Å²) in [6, 6.07) is 15.4. The van der Waals surface area contributed by atoms with E-state index in [-0.39, 0.29) is 0 Å². The first kappa shape index (κ1) is 25.6. The summed E-state index contributed by atoms with van der Waals surface area (Å²) in [7, 11) is 1.95. The number of likely N-dealkylation sites (N-methyl/N-ethyl adjacent to an activating group) is 1. The topological polar surface area (TPSA) is 29.1 Å². The average molecular weight is 364 g/mol. The van der Waals surface area contributed by atoms with E-state index < -0.39 is 0 Å². The van der Waals surface area contributed by atoms with Crippen molar-refractivity contribution in [3.63, 3.8) is 0 Å². The van der Waals surface area contributed by atoms with Crippen LogP contribution >= 0.6 is 11.6 Å². The molecule has 2 aromatic carbocycles. The molecule has 0 aliphatic rings. The van der Waals surface area contributed by atoms with Gasteiger partial charge in [-0.1, -0.05) is 81.6 Å². The molecule has 0 unspecified atom stereocenters. The molecule has 0 aliphatic heterocycles. The summed E-state index contributed by atoms with van der Waals surface area (Å²) in [6.07, 6.45) is 3.17. The molecule has 140 valence electrons. The van der Waals surface area contributed by atoms with Gasteiger partial charge in [-0.15, -0.1) is 0 Å². The number of halogens is 1. The smallest absolute Gasteiger partial charge is 0.150 e. The summed E-state index contributed by atoms with van der Waals surface area (Å²) >= 11 is 5.73. The van der Waals surface area contributed by atoms with Crippen molar-refractivity contribution in [2.24, 2.45) is 0 Å². The highest BCUT2D eigenvalue weighted by Crippen LogP contribution is 2.09. The predicted molar refractivity (Wildman–Crippen MR) is 113 cm³/mol. The van der Waals surface area contributed by atoms with Gasteiger partial charge in [0.05, 0.1) is 0 Å². The Bertz CT molecular complexity index is 538. The van der Waals surface area contributed by atoms with Gasteiger partial charge in [0.15, 0.2) is 0 Å². The number of aldehydes is 1. The van der Waals surface area contributed by atoms with Crippen molar-refractivity contribution in [1.82, 2.24) is 5.32 Å². The van der Waals surface area contributed by atoms with Gasteiger partial charge in [-0.25, -0.2) is 0 Å². The number of carbonyl (C=O) groups is 1. The maximum Gasteiger partial charge on any atom is 0.150 e. The quantitative estimate of drug-likeness (QED) is 0.641. The van der Waals surface area contributed by atoms with Gasteiger partial charge < -0.3 is 5.32 Å². The Kier molecular flexibility index (Phi) is 19.1. The third kappa shape index (κ3) is 15.6. The molecule has 2 nitrogen and oxygen atoms in total. The first-order valence-electron chi connectivity index (χ1n) is 8.98. The van der Waals surface area contributed by atoms with Crippen LogP contribution in [-0.4, -0.2) is 19.9 Å². The molecule has 25 heavy (non-hydrogen) atoms. The first-order valence-corrected chi connectivity index (χ1v) is 9.36. The van der Waals surface area contributed by atoms with E-state index >= 15 is 0 Å². The number of benzene rings is 2. The lowest BCUT2D eigenvalue weighted by atomic mass is 10.1. The third-order valence-corrected chi connectivity index (χ3v) is 3.01. The monoisotopic (exact) mass is 363 g/mol. The molecule has 0 atom stereocenters. The van der Waals surface area contributed by atoms with Gasteiger partial charge in [-0.2, -0.15) is 0 Å². The fourth-order valence-electron chi connectivity index (χ4n) is 1.66. The van der Waals surface area contributed by atoms with Crippen molar-refractivity contribution in [1.29, 1.82) is 0 Å². The van der Waals surface area contributed by atoms with Gasteiger partial charge in [0, 0.05) is 10.6 Å². The Labute approximate surface area is 159 Å². The maximum absolute atomic E-state index is 10.2. The standard InChI is InChI=1S/C9H12ClN.C8H8O.C3H8.C2H6/c1-11-7-6-8-2-4-9(10)5-3-8;1-7-3-2-4-8(5-7)6-9;1-3-2;1-2/h2-5,11H,6-7H2,1H3;2-6H,1H3;3H2,1-2H3;1-2H3. The van der Waals surface area contributed by atoms with Gasteiger partial charge in [-0.05, 0) is 50.7 Å². The predicted octanol–water partition coefficient (Wildman–Crippen LogP) is 6.35. The van der Waals surface area contributed by atoms with E-state index in [2.05, 4.69) is 31.3 Å². The highest BCUT2D eigenvalue weighted by atomic mass is 35.5. The van der Waals surface area contributed by atoms with Gasteiger partial charge in [0.25, 0.3) is 0 Å². The molecule has 0 spiro atoms. The molecule has 0 fully saturated rings. The second-order valence-electron chi connectivity index (χ2n) is 5.22. The molecular formula is C22H34ClNO. The van der Waals surface area contributed by atoms with Crippen LogP contribution in [0.1, 0.15) is 55.6 Å². The Balaban J connectivity index is 0. The van der Waals surface area contributed by atoms with Crippen LogP contribution in [0, 0.1) is 6.92 Å². The second kappa shape index (κ2) is 18.7. The van der Waals surface area contributed by atoms with Crippen molar-refractivity contribution >= 4 is 17.9 Å². The van der Waals surface area contributed by atoms with Crippen LogP contribution in [0.15, 0.2) is 48.5 Å². The van der Waals surface area contributed by atoms with E-state index in [1.807, 2.05) is 58.2 Å². The molecule has 0 bridgehead atoms. The molecule has 0 saturated carbocycles. The van der Waals surface area contributed by atoms with E-state index in [1.165, 1.54) is 12.0 Å². The number of carbonyl (C=O) groups excluding carboxylic acids is 1. The molecule has 0 aromatic heterocycles. The van der Waals surface area contributed by atoms with Crippen LogP contribution in [0.25, 0.3) is 0 Å². The van der Waals surface area contributed by atoms with Gasteiger partial charge in [0.2, 0.25) is 0 Å². The molecule has 1 N–H and O–H groups in total. The van der Waals surface area contributed by atoms with Crippen LogP contribution in [0.3, 0.4) is 0 Å². The summed E-state index contributed by atoms with van der Waals surface area (Å²) in [6.45, 7) is 11.2. The number of aryl methyl sites for hydroxylation is 1. The van der Waals surface area contributed by atoms with E-state index in [9.17, 15) is 4.79 Å². The number of hydrogen-bond donors (Lipinski definition) is 1. The lowest BCUT2D eigenvalue weighted by Gasteiger charge is -1.99. The average Bonchev–Trinajstić information content (AvgIpc) is 2.64. The maximum atomic E-state index is 10.2. The normalized spacial score (nSPS) is 8.60. The minimum Gasteiger partial charge on any atom is -0.319 e. The molecule has 3 heteroatoms. The lowest BCUT2D eigenvalue weighted by Crippen LogP contribution is -2.09. The Hall–Kier alpha value is -1.64. The summed E-state index contributed by atoms with van der Waals surface area (Å²) in [5.74, 6) is 0. The molecule has 2 aromatic rings. The summed E-state index contributed by atoms with van der Waals surface area (Å²) in [5.41, 5.74) is 3.19. The van der Waals surface area contributed by atoms with Gasteiger partial charge in [0.1, 0.15) is 6.29 Å². The Morgan fingerprint density at radius 1 is 1.04 bits per heavy atom. The van der Waals surface area contributed by atoms with Crippen LogP contribution in [0.4, 0.5) is 0 Å². The summed E-state index contributed by atoms with van der Waals surface area (Å²) < 4.78 is 0. The molecular weight excluding hydrogens is 330 g/mol. The fraction of sp³-hybridized carbons (Fsp3) is 0.409. The molecule has 0 amide bonds. The zero-order valence-electron chi connectivity index (χ0n) is 16.6. The highest BCUT2D eigenvalue weighted by Gasteiger charge is 1.90. The van der Waals surface area contributed by atoms with Crippen LogP contribution < -0.4 is 5.32 Å². The zero-order chi connectivity index (χ0) is 19.5. The first-order chi connectivity index (χ1) is 12.1. The SMILES string of the molecule is CC.CCC.CNCCc1ccc(Cl)cc1.Cc1cccc(C=O)c1. The molecule has 0 heterocycles. The van der Waals surface area contributed by atoms with Crippen molar-refractivity contribution in [3.05, 3.63) is 70.2 Å². The minimum absolute atomic E-state index is 0.745. The van der Waals surface area contributed by atoms with Gasteiger partial charge >= 0.3 is 0 Å². The van der Waals surface area contributed by atoms with E-state index in [0.717, 1.165) is 35.4 Å². The zero-order valence-corrected chi connectivity index (χ0v) is 17.4. The molecule has 0 saturated heterocycles. The second-order valence-corrected chi connectivity index (χ2v) is 5.66. The third-order valence-electron chi connectivity index (χ3n) is 2.76. The Morgan fingerprint density at radius 2 is 1.60 bits per heavy atom. The van der Waals surface area contributed by atoms with Crippen molar-refractivity contribution < 1.29 is 4.79 Å². The van der Waals surface area contributed by atoms with Crippen LogP contribution in [0.2, 0.25) is 5.02 Å². The fourth-order valence-corrected chi connectivity index (χ4v) is 1.79. The van der Waals surface area contributed by atoms with Crippen molar-refractivity contribution in [2.75, 3.05) is 13.6 Å². The molecule has 2 rings (SSSR count). The minimum atomic E-state index is 0.745. The van der Waals surface area contributed by atoms with Crippen LogP contribution in [0.5, 0.6) is 0 Å². The van der Waals surface area contributed by atoms with E-state index in [0.29, 0.717) is 0 Å². The van der Waals surface area contributed by atoms with E-state index in [1.54, 1.807) is 6.07 Å². The highest BCUT2D eigenvalue weighted by molar-refractivity contribution is 6.30. The number of rotatable bonds is 4. The Morgan fingerprint density at radius 3 is 2.00 bits per heavy atom. The number of hydrogen-bond acceptors (Lipinski definition) is 2. The summed E-state index contributed by atoms with van der Waals surface area (Å²) in [4.78, 5) is 10.2. The lowest BCUT2D eigenvalue weighted by molar-refractivity contribution is 0.112. The van der Waals surface area contributed by atoms with Crippen LogP contribution in [-0.2, 0) is 6.42 Å². The largest absolute Gasteiger partial charge is 0.319 e. The van der Waals surface area contributed by atoms with Gasteiger partial charge in [-0.3, -0.25) is 4.79 Å². The molecule has 0 radical (unpaired) electrons. The van der Waals surface area contributed by atoms with Crippen molar-refractivity contribution in [3.8, 4) is 0 Å². The van der Waals surface area contributed by atoms with E-state index in [4.69, 9.17) is 11.6 Å². The molecule has 0 aliphatic carbocycles. The summed E-state index contributed by atoms with van der Waals surface area (Å²) in [5, 5.41) is 3.90. The number of nitrogens with one attached hydrogen (secondary N) is 1.